The van der Waals surface area contributed by atoms with Gasteiger partial charge in [-0.1, -0.05) is 11.6 Å². The maximum atomic E-state index is 12.4. The Bertz CT molecular complexity index is 442. The summed E-state index contributed by atoms with van der Waals surface area (Å²) in [5, 5.41) is 10.2. The van der Waals surface area contributed by atoms with Gasteiger partial charge in [-0.15, -0.1) is 0 Å². The minimum atomic E-state index is -0.402. The lowest BCUT2D eigenvalue weighted by atomic mass is 10.1. The van der Waals surface area contributed by atoms with Crippen LogP contribution < -0.4 is 0 Å². The minimum absolute atomic E-state index is 0.0469. The molecule has 1 aliphatic heterocycles. The average molecular weight is 271 g/mol. The van der Waals surface area contributed by atoms with E-state index in [1.54, 1.807) is 17.2 Å². The molecule has 0 saturated carbocycles. The first-order valence-corrected chi connectivity index (χ1v) is 6.71. The molecule has 2 rings (SSSR count). The number of amides is 1. The minimum Gasteiger partial charge on any atom is -0.391 e. The highest BCUT2D eigenvalue weighted by Crippen LogP contribution is 2.21. The van der Waals surface area contributed by atoms with Crippen LogP contribution in [0.15, 0.2) is 12.3 Å². The summed E-state index contributed by atoms with van der Waals surface area (Å²) in [6, 6.07) is 1.89. The van der Waals surface area contributed by atoms with Gasteiger partial charge < -0.3 is 14.6 Å². The Balaban J connectivity index is 2.22. The fourth-order valence-corrected chi connectivity index (χ4v) is 2.55. The first kappa shape index (κ1) is 13.4. The van der Waals surface area contributed by atoms with Crippen LogP contribution in [0.2, 0.25) is 5.02 Å². The van der Waals surface area contributed by atoms with E-state index in [1.807, 2.05) is 18.4 Å². The molecule has 1 amide bonds. The van der Waals surface area contributed by atoms with Crippen molar-refractivity contribution < 1.29 is 9.90 Å². The van der Waals surface area contributed by atoms with Gasteiger partial charge in [0.05, 0.1) is 11.1 Å². The molecule has 1 N–H and O–H groups in total. The summed E-state index contributed by atoms with van der Waals surface area (Å²) >= 11 is 5.98. The van der Waals surface area contributed by atoms with Crippen molar-refractivity contribution in [1.29, 1.82) is 0 Å². The molecule has 1 aromatic rings. The molecule has 5 heteroatoms. The van der Waals surface area contributed by atoms with Crippen LogP contribution in [0, 0.1) is 0 Å². The second kappa shape index (κ2) is 5.33. The fourth-order valence-electron chi connectivity index (χ4n) is 2.35. The molecule has 2 heterocycles. The summed E-state index contributed by atoms with van der Waals surface area (Å²) in [4.78, 5) is 14.1. The van der Waals surface area contributed by atoms with Crippen LogP contribution >= 0.6 is 11.6 Å². The Hall–Kier alpha value is -1.00. The van der Waals surface area contributed by atoms with Crippen molar-refractivity contribution in [2.24, 2.45) is 0 Å². The molecule has 0 aromatic carbocycles. The lowest BCUT2D eigenvalue weighted by Crippen LogP contribution is -2.42. The van der Waals surface area contributed by atoms with E-state index < -0.39 is 6.10 Å². The molecule has 1 fully saturated rings. The van der Waals surface area contributed by atoms with E-state index in [2.05, 4.69) is 0 Å². The van der Waals surface area contributed by atoms with Gasteiger partial charge in [-0.05, 0) is 32.8 Å². The number of aliphatic hydroxyl groups is 1. The molecule has 1 aromatic heterocycles. The van der Waals surface area contributed by atoms with Crippen LogP contribution in [0.1, 0.15) is 43.2 Å². The average Bonchev–Trinajstić information content (AvgIpc) is 2.70. The molecule has 18 heavy (non-hydrogen) atoms. The third-order valence-electron chi connectivity index (χ3n) is 3.27. The predicted molar refractivity (Wildman–Crippen MR) is 71.0 cm³/mol. The van der Waals surface area contributed by atoms with Crippen LogP contribution in [0.25, 0.3) is 0 Å². The van der Waals surface area contributed by atoms with Gasteiger partial charge in [0.15, 0.2) is 0 Å². The molecule has 0 aliphatic carbocycles. The zero-order valence-electron chi connectivity index (χ0n) is 10.8. The number of likely N-dealkylation sites (tertiary alicyclic amines) is 1. The van der Waals surface area contributed by atoms with E-state index >= 15 is 0 Å². The van der Waals surface area contributed by atoms with Crippen LogP contribution in [0.3, 0.4) is 0 Å². The molecule has 0 bridgehead atoms. The smallest absolute Gasteiger partial charge is 0.270 e. The molecule has 1 aliphatic rings. The zero-order valence-corrected chi connectivity index (χ0v) is 11.5. The Morgan fingerprint density at radius 3 is 2.89 bits per heavy atom. The van der Waals surface area contributed by atoms with E-state index in [9.17, 15) is 9.90 Å². The largest absolute Gasteiger partial charge is 0.391 e. The Kier molecular flexibility index (Phi) is 3.97. The molecule has 1 saturated heterocycles. The molecular weight excluding hydrogens is 252 g/mol. The highest BCUT2D eigenvalue weighted by Gasteiger charge is 2.25. The highest BCUT2D eigenvalue weighted by atomic mass is 35.5. The third kappa shape index (κ3) is 2.70. The van der Waals surface area contributed by atoms with E-state index in [0.29, 0.717) is 23.8 Å². The number of carbonyl (C=O) groups excluding carboxylic acids is 1. The van der Waals surface area contributed by atoms with Gasteiger partial charge in [0.25, 0.3) is 5.91 Å². The number of aromatic nitrogens is 1. The van der Waals surface area contributed by atoms with Gasteiger partial charge in [0.2, 0.25) is 0 Å². The molecular formula is C13H19ClN2O2. The number of hydrogen-bond donors (Lipinski definition) is 1. The molecule has 0 unspecified atom stereocenters. The topological polar surface area (TPSA) is 45.5 Å². The maximum absolute atomic E-state index is 12.4. The number of rotatable bonds is 2. The van der Waals surface area contributed by atoms with Crippen LogP contribution in [-0.4, -0.2) is 39.7 Å². The van der Waals surface area contributed by atoms with Crippen molar-refractivity contribution in [2.45, 2.75) is 38.8 Å². The molecule has 0 spiro atoms. The Morgan fingerprint density at radius 2 is 2.28 bits per heavy atom. The third-order valence-corrected chi connectivity index (χ3v) is 3.48. The lowest BCUT2D eigenvalue weighted by Gasteiger charge is -2.30. The van der Waals surface area contributed by atoms with Crippen molar-refractivity contribution in [3.63, 3.8) is 0 Å². The molecule has 4 nitrogen and oxygen atoms in total. The van der Waals surface area contributed by atoms with Gasteiger partial charge in [-0.25, -0.2) is 0 Å². The summed E-state index contributed by atoms with van der Waals surface area (Å²) in [5.41, 5.74) is 0.601. The second-order valence-electron chi connectivity index (χ2n) is 5.09. The summed E-state index contributed by atoms with van der Waals surface area (Å²) in [6.45, 7) is 5.15. The number of halogens is 1. The first-order valence-electron chi connectivity index (χ1n) is 6.33. The van der Waals surface area contributed by atoms with Crippen molar-refractivity contribution in [2.75, 3.05) is 13.1 Å². The van der Waals surface area contributed by atoms with Crippen LogP contribution in [0.4, 0.5) is 0 Å². The summed E-state index contributed by atoms with van der Waals surface area (Å²) in [6.07, 6.45) is 3.00. The molecule has 0 radical (unpaired) electrons. The SMILES string of the molecule is CC(C)n1cc(Cl)cc1C(=O)N1CCC[C@H](O)C1. The summed E-state index contributed by atoms with van der Waals surface area (Å²) in [7, 11) is 0. The Morgan fingerprint density at radius 1 is 1.56 bits per heavy atom. The normalized spacial score (nSPS) is 20.5. The van der Waals surface area contributed by atoms with Crippen LogP contribution in [0.5, 0.6) is 0 Å². The quantitative estimate of drug-likeness (QED) is 0.896. The van der Waals surface area contributed by atoms with Gasteiger partial charge >= 0.3 is 0 Å². The standard InChI is InChI=1S/C13H19ClN2O2/c1-9(2)16-7-10(14)6-12(16)13(18)15-5-3-4-11(17)8-15/h6-7,9,11,17H,3-5,8H2,1-2H3/t11-/m0/s1. The van der Waals surface area contributed by atoms with E-state index in [-0.39, 0.29) is 11.9 Å². The van der Waals surface area contributed by atoms with E-state index in [1.165, 1.54) is 0 Å². The number of carbonyl (C=O) groups is 1. The second-order valence-corrected chi connectivity index (χ2v) is 5.53. The zero-order chi connectivity index (χ0) is 13.3. The van der Waals surface area contributed by atoms with E-state index in [0.717, 1.165) is 12.8 Å². The number of piperidine rings is 1. The van der Waals surface area contributed by atoms with Gasteiger partial charge in [-0.2, -0.15) is 0 Å². The Labute approximate surface area is 112 Å². The van der Waals surface area contributed by atoms with Crippen molar-refractivity contribution in [3.05, 3.63) is 23.0 Å². The van der Waals surface area contributed by atoms with Gasteiger partial charge in [0.1, 0.15) is 5.69 Å². The number of aliphatic hydroxyl groups excluding tert-OH is 1. The van der Waals surface area contributed by atoms with Crippen molar-refractivity contribution in [3.8, 4) is 0 Å². The van der Waals surface area contributed by atoms with E-state index in [4.69, 9.17) is 11.6 Å². The van der Waals surface area contributed by atoms with Crippen molar-refractivity contribution >= 4 is 17.5 Å². The summed E-state index contributed by atoms with van der Waals surface area (Å²) < 4.78 is 1.88. The molecule has 100 valence electrons. The fraction of sp³-hybridized carbons (Fsp3) is 0.615. The number of hydrogen-bond acceptors (Lipinski definition) is 2. The van der Waals surface area contributed by atoms with Gasteiger partial charge in [-0.3, -0.25) is 4.79 Å². The monoisotopic (exact) mass is 270 g/mol. The first-order chi connectivity index (χ1) is 8.49. The number of nitrogens with zero attached hydrogens (tertiary/aromatic N) is 2. The summed E-state index contributed by atoms with van der Waals surface area (Å²) in [5.74, 6) is -0.0469. The lowest BCUT2D eigenvalue weighted by molar-refractivity contribution is 0.0464. The van der Waals surface area contributed by atoms with Crippen LogP contribution in [-0.2, 0) is 0 Å². The highest BCUT2D eigenvalue weighted by molar-refractivity contribution is 6.31. The number of β-amino-alcohol motifs (C(OH)–C–C–N with tert-alkyl or cyclic N) is 1. The van der Waals surface area contributed by atoms with Crippen molar-refractivity contribution in [1.82, 2.24) is 9.47 Å². The maximum Gasteiger partial charge on any atom is 0.270 e. The predicted octanol–water partition coefficient (Wildman–Crippen LogP) is 2.32. The van der Waals surface area contributed by atoms with Gasteiger partial charge in [0, 0.05) is 25.3 Å². The molecule has 1 atom stereocenters.